The summed E-state index contributed by atoms with van der Waals surface area (Å²) in [6.07, 6.45) is 2.77. The third-order valence-corrected chi connectivity index (χ3v) is 6.56. The molecule has 0 saturated heterocycles. The number of methoxy groups -OCH3 is 1. The fraction of sp³-hybridized carbons (Fsp3) is 0.308. The number of rotatable bonds is 6. The maximum Gasteiger partial charge on any atom is 0.275 e. The lowest BCUT2D eigenvalue weighted by molar-refractivity contribution is 0.0745. The summed E-state index contributed by atoms with van der Waals surface area (Å²) in [7, 11) is 1.68. The smallest absolute Gasteiger partial charge is 0.275 e. The molecule has 0 saturated carbocycles. The first-order chi connectivity index (χ1) is 15.5. The van der Waals surface area contributed by atoms with E-state index in [9.17, 15) is 4.79 Å². The zero-order valence-corrected chi connectivity index (χ0v) is 18.9. The average Bonchev–Trinajstić information content (AvgIpc) is 3.46. The van der Waals surface area contributed by atoms with Gasteiger partial charge in [0.05, 0.1) is 13.2 Å². The van der Waals surface area contributed by atoms with Gasteiger partial charge in [-0.05, 0) is 54.2 Å². The van der Waals surface area contributed by atoms with Gasteiger partial charge in [0.25, 0.3) is 5.91 Å². The van der Waals surface area contributed by atoms with Crippen molar-refractivity contribution in [3.63, 3.8) is 0 Å². The highest BCUT2D eigenvalue weighted by molar-refractivity contribution is 5.98. The summed E-state index contributed by atoms with van der Waals surface area (Å²) in [6, 6.07) is 14.5. The summed E-state index contributed by atoms with van der Waals surface area (Å²) in [5.41, 5.74) is 7.13. The van der Waals surface area contributed by atoms with E-state index in [-0.39, 0.29) is 11.9 Å². The second kappa shape index (κ2) is 7.86. The van der Waals surface area contributed by atoms with Crippen LogP contribution in [-0.2, 0) is 6.42 Å². The molecule has 5 rings (SSSR count). The number of benzene rings is 2. The van der Waals surface area contributed by atoms with Gasteiger partial charge in [-0.2, -0.15) is 5.10 Å². The van der Waals surface area contributed by atoms with Gasteiger partial charge in [-0.1, -0.05) is 38.1 Å². The fourth-order valence-electron chi connectivity index (χ4n) is 4.72. The molecule has 164 valence electrons. The number of aryl methyl sites for hydroxylation is 1. The molecule has 1 amide bonds. The maximum atomic E-state index is 13.3. The van der Waals surface area contributed by atoms with Crippen LogP contribution in [-0.4, -0.2) is 39.6 Å². The van der Waals surface area contributed by atoms with Crippen molar-refractivity contribution in [2.75, 3.05) is 13.7 Å². The minimum Gasteiger partial charge on any atom is -0.497 e. The van der Waals surface area contributed by atoms with Crippen LogP contribution in [0.5, 0.6) is 5.75 Å². The first-order valence-corrected chi connectivity index (χ1v) is 11.1. The van der Waals surface area contributed by atoms with Gasteiger partial charge in [0.1, 0.15) is 5.75 Å². The fourth-order valence-corrected chi connectivity index (χ4v) is 4.72. The normalized spacial score (nSPS) is 15.7. The Morgan fingerprint density at radius 3 is 2.66 bits per heavy atom. The van der Waals surface area contributed by atoms with Crippen molar-refractivity contribution in [2.24, 2.45) is 0 Å². The molecule has 0 bridgehead atoms. The molecule has 6 heteroatoms. The molecule has 4 aromatic rings. The standard InChI is InChI=1S/C26H28N4O2/c1-15(2)17-5-7-18(8-6-17)25-23-16(3)28-29-24(23)26(31)30(25)12-11-19-14-27-22-10-9-20(32-4)13-21(19)22/h5-10,13-15,25,27H,11-12H2,1-4H3,(H,28,29). The lowest BCUT2D eigenvalue weighted by Gasteiger charge is -2.26. The van der Waals surface area contributed by atoms with E-state index >= 15 is 0 Å². The summed E-state index contributed by atoms with van der Waals surface area (Å²) in [4.78, 5) is 18.6. The molecule has 32 heavy (non-hydrogen) atoms. The van der Waals surface area contributed by atoms with Gasteiger partial charge in [-0.25, -0.2) is 0 Å². The summed E-state index contributed by atoms with van der Waals surface area (Å²) in [5.74, 6) is 1.28. The first-order valence-electron chi connectivity index (χ1n) is 11.1. The molecule has 3 heterocycles. The predicted octanol–water partition coefficient (Wildman–Crippen LogP) is 5.12. The Morgan fingerprint density at radius 2 is 1.94 bits per heavy atom. The quantitative estimate of drug-likeness (QED) is 0.448. The second-order valence-corrected chi connectivity index (χ2v) is 8.81. The van der Waals surface area contributed by atoms with E-state index < -0.39 is 0 Å². The molecule has 2 aromatic carbocycles. The number of carbonyl (C=O) groups is 1. The number of amides is 1. The van der Waals surface area contributed by atoms with Crippen LogP contribution in [0.25, 0.3) is 10.9 Å². The van der Waals surface area contributed by atoms with E-state index in [0.29, 0.717) is 18.2 Å². The van der Waals surface area contributed by atoms with Gasteiger partial charge in [0.15, 0.2) is 5.69 Å². The number of H-pyrrole nitrogens is 2. The number of aromatic amines is 2. The Kier molecular flexibility index (Phi) is 5.00. The molecule has 0 fully saturated rings. The van der Waals surface area contributed by atoms with Crippen LogP contribution in [0, 0.1) is 6.92 Å². The Hall–Kier alpha value is -3.54. The van der Waals surface area contributed by atoms with Crippen molar-refractivity contribution < 1.29 is 9.53 Å². The van der Waals surface area contributed by atoms with E-state index in [1.165, 1.54) is 11.1 Å². The zero-order valence-electron chi connectivity index (χ0n) is 18.9. The van der Waals surface area contributed by atoms with Crippen LogP contribution in [0.15, 0.2) is 48.7 Å². The number of carbonyl (C=O) groups excluding carboxylic acids is 1. The summed E-state index contributed by atoms with van der Waals surface area (Å²) in [6.45, 7) is 6.98. The van der Waals surface area contributed by atoms with Crippen LogP contribution >= 0.6 is 0 Å². The van der Waals surface area contributed by atoms with Crippen LogP contribution in [0.1, 0.15) is 64.2 Å². The molecule has 1 atom stereocenters. The molecule has 1 aliphatic rings. The summed E-state index contributed by atoms with van der Waals surface area (Å²) in [5, 5.41) is 8.47. The minimum absolute atomic E-state index is 0.0142. The lowest BCUT2D eigenvalue weighted by atomic mass is 9.95. The van der Waals surface area contributed by atoms with Crippen molar-refractivity contribution in [1.82, 2.24) is 20.1 Å². The third kappa shape index (κ3) is 3.27. The van der Waals surface area contributed by atoms with Crippen LogP contribution in [0.3, 0.4) is 0 Å². The number of hydrogen-bond donors (Lipinski definition) is 2. The molecule has 0 radical (unpaired) electrons. The van der Waals surface area contributed by atoms with Crippen LogP contribution in [0.4, 0.5) is 0 Å². The predicted molar refractivity (Wildman–Crippen MR) is 125 cm³/mol. The Balaban J connectivity index is 1.47. The molecule has 1 aliphatic heterocycles. The van der Waals surface area contributed by atoms with Gasteiger partial charge in [0, 0.05) is 34.9 Å². The van der Waals surface area contributed by atoms with Gasteiger partial charge >= 0.3 is 0 Å². The van der Waals surface area contributed by atoms with Crippen molar-refractivity contribution in [3.8, 4) is 5.75 Å². The Bertz CT molecular complexity index is 1280. The molecule has 0 spiro atoms. The zero-order chi connectivity index (χ0) is 22.4. The molecule has 1 unspecified atom stereocenters. The van der Waals surface area contributed by atoms with Crippen LogP contribution < -0.4 is 4.74 Å². The molecule has 6 nitrogen and oxygen atoms in total. The van der Waals surface area contributed by atoms with E-state index in [2.05, 4.69) is 53.3 Å². The highest BCUT2D eigenvalue weighted by atomic mass is 16.5. The van der Waals surface area contributed by atoms with E-state index in [1.807, 2.05) is 36.2 Å². The van der Waals surface area contributed by atoms with Crippen molar-refractivity contribution in [3.05, 3.63) is 82.3 Å². The topological polar surface area (TPSA) is 74.0 Å². The summed E-state index contributed by atoms with van der Waals surface area (Å²) < 4.78 is 5.40. The molecule has 0 aliphatic carbocycles. The second-order valence-electron chi connectivity index (χ2n) is 8.81. The highest BCUT2D eigenvalue weighted by Crippen LogP contribution is 2.40. The molecular weight excluding hydrogens is 400 g/mol. The third-order valence-electron chi connectivity index (χ3n) is 6.56. The lowest BCUT2D eigenvalue weighted by Crippen LogP contribution is -2.31. The number of nitrogens with one attached hydrogen (secondary N) is 2. The monoisotopic (exact) mass is 428 g/mol. The van der Waals surface area contributed by atoms with Gasteiger partial charge in [-0.15, -0.1) is 0 Å². The number of aromatic nitrogens is 3. The van der Waals surface area contributed by atoms with E-state index in [4.69, 9.17) is 4.74 Å². The minimum atomic E-state index is -0.128. The Morgan fingerprint density at radius 1 is 1.16 bits per heavy atom. The van der Waals surface area contributed by atoms with Gasteiger partial charge < -0.3 is 14.6 Å². The van der Waals surface area contributed by atoms with E-state index in [0.717, 1.165) is 39.9 Å². The van der Waals surface area contributed by atoms with Crippen LogP contribution in [0.2, 0.25) is 0 Å². The van der Waals surface area contributed by atoms with Crippen molar-refractivity contribution in [1.29, 1.82) is 0 Å². The average molecular weight is 429 g/mol. The number of hydrogen-bond acceptors (Lipinski definition) is 3. The van der Waals surface area contributed by atoms with Gasteiger partial charge in [0.2, 0.25) is 0 Å². The first kappa shape index (κ1) is 20.4. The highest BCUT2D eigenvalue weighted by Gasteiger charge is 2.41. The largest absolute Gasteiger partial charge is 0.497 e. The molecule has 2 aromatic heterocycles. The Labute approximate surface area is 187 Å². The number of fused-ring (bicyclic) bond motifs is 2. The maximum absolute atomic E-state index is 13.3. The molecule has 2 N–H and O–H groups in total. The number of nitrogens with zero attached hydrogens (tertiary/aromatic N) is 2. The van der Waals surface area contributed by atoms with Crippen molar-refractivity contribution in [2.45, 2.75) is 39.2 Å². The van der Waals surface area contributed by atoms with Crippen molar-refractivity contribution >= 4 is 16.8 Å². The summed E-state index contributed by atoms with van der Waals surface area (Å²) >= 11 is 0. The molecular formula is C26H28N4O2. The van der Waals surface area contributed by atoms with Gasteiger partial charge in [-0.3, -0.25) is 9.89 Å². The SMILES string of the molecule is COc1ccc2[nH]cc(CCN3C(=O)c4n[nH]c(C)c4C3c3ccc(C(C)C)cc3)c2c1. The number of ether oxygens (including phenoxy) is 1. The van der Waals surface area contributed by atoms with E-state index in [1.54, 1.807) is 7.11 Å².